The van der Waals surface area contributed by atoms with E-state index in [0.717, 1.165) is 12.8 Å². The van der Waals surface area contributed by atoms with Gasteiger partial charge in [0, 0.05) is 20.3 Å². The summed E-state index contributed by atoms with van der Waals surface area (Å²) < 4.78 is 1.53. The summed E-state index contributed by atoms with van der Waals surface area (Å²) >= 11 is 0. The van der Waals surface area contributed by atoms with Crippen LogP contribution in [0.3, 0.4) is 0 Å². The van der Waals surface area contributed by atoms with Crippen molar-refractivity contribution in [2.45, 2.75) is 38.2 Å². The third kappa shape index (κ3) is 4.61. The maximum atomic E-state index is 11.1. The molecule has 0 spiro atoms. The molecule has 1 aliphatic carbocycles. The van der Waals surface area contributed by atoms with Gasteiger partial charge in [0.2, 0.25) is 0 Å². The minimum atomic E-state index is 0.00463. The number of pyridine rings is 1. The third-order valence-electron chi connectivity index (χ3n) is 2.97. The van der Waals surface area contributed by atoms with E-state index in [-0.39, 0.29) is 11.7 Å². The first-order chi connectivity index (χ1) is 8.15. The van der Waals surface area contributed by atoms with E-state index in [1.54, 1.807) is 26.4 Å². The molecule has 1 aromatic heterocycles. The second-order valence-corrected chi connectivity index (χ2v) is 4.38. The van der Waals surface area contributed by atoms with Crippen LogP contribution in [0, 0.1) is 0 Å². The molecule has 96 valence electrons. The number of hydrogen-bond acceptors (Lipinski definition) is 3. The number of aromatic nitrogens is 1. The van der Waals surface area contributed by atoms with Crippen LogP contribution in [0.1, 0.15) is 32.1 Å². The van der Waals surface area contributed by atoms with E-state index in [1.807, 2.05) is 6.07 Å². The van der Waals surface area contributed by atoms with Gasteiger partial charge in [-0.1, -0.05) is 19.3 Å². The van der Waals surface area contributed by atoms with Crippen molar-refractivity contribution in [3.8, 4) is 0 Å². The van der Waals surface area contributed by atoms with Crippen LogP contribution in [0.25, 0.3) is 0 Å². The van der Waals surface area contributed by atoms with Crippen LogP contribution in [0.15, 0.2) is 23.1 Å². The van der Waals surface area contributed by atoms with E-state index in [1.165, 1.54) is 23.8 Å². The molecule has 1 heterocycles. The summed E-state index contributed by atoms with van der Waals surface area (Å²) in [7, 11) is 3.46. The Labute approximate surface area is 102 Å². The van der Waals surface area contributed by atoms with E-state index in [0.29, 0.717) is 5.69 Å². The normalized spacial score (nSPS) is 15.9. The van der Waals surface area contributed by atoms with Gasteiger partial charge in [-0.05, 0) is 25.0 Å². The lowest BCUT2D eigenvalue weighted by Crippen LogP contribution is -2.18. The standard InChI is InChI=1S/C7H10N2O.C6H12O/c1-8-6-4-3-5-9(2)7(6)10;7-6-4-2-1-3-5-6/h3-5,8H,1-2H3;6-7H,1-5H2. The number of aliphatic hydroxyl groups is 1. The summed E-state index contributed by atoms with van der Waals surface area (Å²) in [6.45, 7) is 0. The average Bonchev–Trinajstić information content (AvgIpc) is 2.34. The first kappa shape index (κ1) is 13.8. The number of rotatable bonds is 1. The van der Waals surface area contributed by atoms with E-state index in [2.05, 4.69) is 5.32 Å². The highest BCUT2D eigenvalue weighted by Crippen LogP contribution is 2.16. The van der Waals surface area contributed by atoms with Crippen molar-refractivity contribution in [3.05, 3.63) is 28.7 Å². The van der Waals surface area contributed by atoms with Gasteiger partial charge in [0.05, 0.1) is 6.10 Å². The zero-order chi connectivity index (χ0) is 12.7. The molecular weight excluding hydrogens is 216 g/mol. The number of nitrogens with one attached hydrogen (secondary N) is 1. The summed E-state index contributed by atoms with van der Waals surface area (Å²) in [4.78, 5) is 11.1. The molecule has 17 heavy (non-hydrogen) atoms. The Bertz CT molecular complexity index is 381. The Morgan fingerprint density at radius 2 is 2.00 bits per heavy atom. The van der Waals surface area contributed by atoms with Crippen molar-refractivity contribution in [1.29, 1.82) is 0 Å². The summed E-state index contributed by atoms with van der Waals surface area (Å²) in [5, 5.41) is 11.7. The summed E-state index contributed by atoms with van der Waals surface area (Å²) in [5.74, 6) is 0. The Kier molecular flexibility index (Phi) is 5.77. The summed E-state index contributed by atoms with van der Waals surface area (Å²) in [5.41, 5.74) is 0.634. The lowest BCUT2D eigenvalue weighted by Gasteiger charge is -2.14. The van der Waals surface area contributed by atoms with E-state index in [9.17, 15) is 4.79 Å². The average molecular weight is 238 g/mol. The van der Waals surface area contributed by atoms with Gasteiger partial charge in [-0.3, -0.25) is 4.79 Å². The third-order valence-corrected chi connectivity index (χ3v) is 2.97. The molecule has 0 amide bonds. The first-order valence-corrected chi connectivity index (χ1v) is 6.16. The van der Waals surface area contributed by atoms with Crippen molar-refractivity contribution in [2.24, 2.45) is 7.05 Å². The molecule has 4 heteroatoms. The molecular formula is C13H22N2O2. The number of anilines is 1. The van der Waals surface area contributed by atoms with E-state index in [4.69, 9.17) is 5.11 Å². The minimum absolute atomic E-state index is 0.00463. The fourth-order valence-corrected chi connectivity index (χ4v) is 1.87. The molecule has 2 rings (SSSR count). The highest BCUT2D eigenvalue weighted by Gasteiger charge is 2.07. The molecule has 0 radical (unpaired) electrons. The first-order valence-electron chi connectivity index (χ1n) is 6.16. The minimum Gasteiger partial charge on any atom is -0.393 e. The van der Waals surface area contributed by atoms with Crippen molar-refractivity contribution in [1.82, 2.24) is 4.57 Å². The van der Waals surface area contributed by atoms with Crippen LogP contribution in [0.5, 0.6) is 0 Å². The molecule has 0 aliphatic heterocycles. The lowest BCUT2D eigenvalue weighted by molar-refractivity contribution is 0.130. The predicted molar refractivity (Wildman–Crippen MR) is 70.3 cm³/mol. The molecule has 0 aromatic carbocycles. The fourth-order valence-electron chi connectivity index (χ4n) is 1.87. The molecule has 1 aromatic rings. The molecule has 1 aliphatic rings. The summed E-state index contributed by atoms with van der Waals surface area (Å²) in [6.07, 6.45) is 7.65. The second kappa shape index (κ2) is 7.12. The fraction of sp³-hybridized carbons (Fsp3) is 0.615. The second-order valence-electron chi connectivity index (χ2n) is 4.38. The van der Waals surface area contributed by atoms with E-state index >= 15 is 0 Å². The maximum absolute atomic E-state index is 11.1. The molecule has 4 nitrogen and oxygen atoms in total. The Balaban J connectivity index is 0.000000181. The molecule has 0 saturated heterocycles. The molecule has 1 fully saturated rings. The van der Waals surface area contributed by atoms with Gasteiger partial charge in [0.25, 0.3) is 5.56 Å². The van der Waals surface area contributed by atoms with Crippen LogP contribution < -0.4 is 10.9 Å². The maximum Gasteiger partial charge on any atom is 0.273 e. The van der Waals surface area contributed by atoms with Crippen LogP contribution in [-0.4, -0.2) is 22.8 Å². The van der Waals surface area contributed by atoms with Crippen LogP contribution >= 0.6 is 0 Å². The Morgan fingerprint density at radius 3 is 2.41 bits per heavy atom. The van der Waals surface area contributed by atoms with Gasteiger partial charge in [0.1, 0.15) is 5.69 Å². The van der Waals surface area contributed by atoms with Crippen molar-refractivity contribution < 1.29 is 5.11 Å². The largest absolute Gasteiger partial charge is 0.393 e. The van der Waals surface area contributed by atoms with Crippen molar-refractivity contribution >= 4 is 5.69 Å². The predicted octanol–water partition coefficient (Wildman–Crippen LogP) is 1.74. The SMILES string of the molecule is CNc1cccn(C)c1=O.OC1CCCCC1. The van der Waals surface area contributed by atoms with E-state index < -0.39 is 0 Å². The van der Waals surface area contributed by atoms with Crippen molar-refractivity contribution in [2.75, 3.05) is 12.4 Å². The zero-order valence-electron chi connectivity index (χ0n) is 10.6. The number of hydrogen-bond donors (Lipinski definition) is 2. The molecule has 0 bridgehead atoms. The van der Waals surface area contributed by atoms with Gasteiger partial charge >= 0.3 is 0 Å². The van der Waals surface area contributed by atoms with Gasteiger partial charge in [-0.15, -0.1) is 0 Å². The zero-order valence-corrected chi connectivity index (χ0v) is 10.6. The van der Waals surface area contributed by atoms with Gasteiger partial charge in [-0.25, -0.2) is 0 Å². The van der Waals surface area contributed by atoms with Crippen molar-refractivity contribution in [3.63, 3.8) is 0 Å². The monoisotopic (exact) mass is 238 g/mol. The summed E-state index contributed by atoms with van der Waals surface area (Å²) in [6, 6.07) is 3.58. The van der Waals surface area contributed by atoms with Gasteiger partial charge in [0.15, 0.2) is 0 Å². The number of aryl methyl sites for hydroxylation is 1. The smallest absolute Gasteiger partial charge is 0.273 e. The highest BCUT2D eigenvalue weighted by atomic mass is 16.3. The van der Waals surface area contributed by atoms with Gasteiger partial charge < -0.3 is 15.0 Å². The van der Waals surface area contributed by atoms with Gasteiger partial charge in [-0.2, -0.15) is 0 Å². The van der Waals surface area contributed by atoms with Crippen LogP contribution in [0.4, 0.5) is 5.69 Å². The molecule has 1 saturated carbocycles. The number of nitrogens with zero attached hydrogens (tertiary/aromatic N) is 1. The highest BCUT2D eigenvalue weighted by molar-refractivity contribution is 5.39. The topological polar surface area (TPSA) is 54.3 Å². The molecule has 2 N–H and O–H groups in total. The molecule has 0 atom stereocenters. The Morgan fingerprint density at radius 1 is 1.35 bits per heavy atom. The quantitative estimate of drug-likeness (QED) is 0.783. The van der Waals surface area contributed by atoms with Crippen LogP contribution in [-0.2, 0) is 7.05 Å². The lowest BCUT2D eigenvalue weighted by atomic mass is 9.98. The molecule has 0 unspecified atom stereocenters. The number of aliphatic hydroxyl groups excluding tert-OH is 1. The van der Waals surface area contributed by atoms with Crippen LogP contribution in [0.2, 0.25) is 0 Å². The Hall–Kier alpha value is -1.29.